The molecule has 1 heterocycles. The molecule has 0 atom stereocenters. The minimum atomic E-state index is 0.392. The number of thiophene rings is 1. The van der Waals surface area contributed by atoms with Gasteiger partial charge in [0.15, 0.2) is 0 Å². The van der Waals surface area contributed by atoms with Crippen molar-refractivity contribution in [1.82, 2.24) is 4.90 Å². The van der Waals surface area contributed by atoms with Crippen LogP contribution in [0.4, 0.5) is 0 Å². The molecule has 0 spiro atoms. The van der Waals surface area contributed by atoms with Crippen molar-refractivity contribution in [3.63, 3.8) is 0 Å². The van der Waals surface area contributed by atoms with E-state index in [9.17, 15) is 0 Å². The Morgan fingerprint density at radius 1 is 1.47 bits per heavy atom. The van der Waals surface area contributed by atoms with Crippen LogP contribution in [-0.4, -0.2) is 25.0 Å². The lowest BCUT2D eigenvalue weighted by Crippen LogP contribution is -2.38. The Labute approximate surface area is 116 Å². The molecule has 17 heavy (non-hydrogen) atoms. The lowest BCUT2D eigenvalue weighted by atomic mass is 9.86. The quantitative estimate of drug-likeness (QED) is 0.901. The van der Waals surface area contributed by atoms with Crippen molar-refractivity contribution in [2.24, 2.45) is 11.1 Å². The highest BCUT2D eigenvalue weighted by Crippen LogP contribution is 2.38. The fraction of sp³-hybridized carbons (Fsp3) is 0.692. The molecule has 1 saturated carbocycles. The van der Waals surface area contributed by atoms with E-state index in [0.717, 1.165) is 19.6 Å². The van der Waals surface area contributed by atoms with Crippen molar-refractivity contribution in [1.29, 1.82) is 0 Å². The van der Waals surface area contributed by atoms with Crippen molar-refractivity contribution in [3.05, 3.63) is 20.8 Å². The monoisotopic (exact) mass is 316 g/mol. The lowest BCUT2D eigenvalue weighted by molar-refractivity contribution is 0.180. The Morgan fingerprint density at radius 2 is 2.18 bits per heavy atom. The molecule has 0 amide bonds. The highest BCUT2D eigenvalue weighted by Gasteiger charge is 2.33. The van der Waals surface area contributed by atoms with Gasteiger partial charge in [0.1, 0.15) is 0 Å². The zero-order valence-electron chi connectivity index (χ0n) is 10.4. The molecule has 2 nitrogen and oxygen atoms in total. The van der Waals surface area contributed by atoms with Crippen LogP contribution in [0.25, 0.3) is 0 Å². The first kappa shape index (κ1) is 13.5. The van der Waals surface area contributed by atoms with E-state index < -0.39 is 0 Å². The minimum absolute atomic E-state index is 0.392. The molecule has 1 aliphatic rings. The Kier molecular flexibility index (Phi) is 4.64. The molecule has 0 aliphatic heterocycles. The molecule has 1 fully saturated rings. The van der Waals surface area contributed by atoms with Gasteiger partial charge in [-0.3, -0.25) is 0 Å². The van der Waals surface area contributed by atoms with Crippen molar-refractivity contribution in [2.45, 2.75) is 32.2 Å². The number of nitrogens with two attached hydrogens (primary N) is 1. The summed E-state index contributed by atoms with van der Waals surface area (Å²) in [5.41, 5.74) is 6.38. The van der Waals surface area contributed by atoms with Gasteiger partial charge in [-0.2, -0.15) is 0 Å². The van der Waals surface area contributed by atoms with Crippen molar-refractivity contribution >= 4 is 27.3 Å². The first-order valence-electron chi connectivity index (χ1n) is 6.25. The SMILES string of the molecule is CN(Cc1cc(Br)cs1)CC1(CN)CCCC1. The van der Waals surface area contributed by atoms with Crippen LogP contribution < -0.4 is 5.73 Å². The summed E-state index contributed by atoms with van der Waals surface area (Å²) in [7, 11) is 2.21. The summed E-state index contributed by atoms with van der Waals surface area (Å²) in [5, 5.41) is 2.15. The molecule has 0 saturated heterocycles. The van der Waals surface area contributed by atoms with Crippen LogP contribution in [0.15, 0.2) is 15.9 Å². The number of hydrogen-bond acceptors (Lipinski definition) is 3. The van der Waals surface area contributed by atoms with E-state index in [4.69, 9.17) is 5.73 Å². The lowest BCUT2D eigenvalue weighted by Gasteiger charge is -2.32. The second kappa shape index (κ2) is 5.83. The molecular formula is C13H21BrN2S. The summed E-state index contributed by atoms with van der Waals surface area (Å²) in [4.78, 5) is 3.85. The van der Waals surface area contributed by atoms with Gasteiger partial charge in [0.2, 0.25) is 0 Å². The van der Waals surface area contributed by atoms with E-state index in [2.05, 4.69) is 39.3 Å². The van der Waals surface area contributed by atoms with E-state index in [1.807, 2.05) is 11.3 Å². The molecule has 0 bridgehead atoms. The van der Waals surface area contributed by atoms with Crippen LogP contribution in [0.2, 0.25) is 0 Å². The zero-order chi connectivity index (χ0) is 12.3. The molecule has 1 aliphatic carbocycles. The summed E-state index contributed by atoms with van der Waals surface area (Å²) < 4.78 is 1.19. The standard InChI is InChI=1S/C13H21BrN2S/c1-16(7-12-6-11(14)8-17-12)10-13(9-15)4-2-3-5-13/h6,8H,2-5,7,9-10,15H2,1H3. The maximum atomic E-state index is 5.98. The summed E-state index contributed by atoms with van der Waals surface area (Å²) in [6.45, 7) is 3.02. The molecule has 0 aromatic carbocycles. The highest BCUT2D eigenvalue weighted by molar-refractivity contribution is 9.10. The third-order valence-electron chi connectivity index (χ3n) is 3.75. The first-order valence-corrected chi connectivity index (χ1v) is 7.92. The third-order valence-corrected chi connectivity index (χ3v) is 5.43. The van der Waals surface area contributed by atoms with Gasteiger partial charge in [0.05, 0.1) is 0 Å². The van der Waals surface area contributed by atoms with Crippen LogP contribution in [0.5, 0.6) is 0 Å². The van der Waals surface area contributed by atoms with Gasteiger partial charge >= 0.3 is 0 Å². The van der Waals surface area contributed by atoms with Gasteiger partial charge in [-0.25, -0.2) is 0 Å². The van der Waals surface area contributed by atoms with Gasteiger partial charge in [0, 0.05) is 27.8 Å². The van der Waals surface area contributed by atoms with E-state index in [0.29, 0.717) is 5.41 Å². The van der Waals surface area contributed by atoms with E-state index in [1.54, 1.807) is 0 Å². The largest absolute Gasteiger partial charge is 0.330 e. The number of rotatable bonds is 5. The normalized spacial score (nSPS) is 19.1. The number of halogens is 1. The van der Waals surface area contributed by atoms with E-state index in [1.165, 1.54) is 35.0 Å². The summed E-state index contributed by atoms with van der Waals surface area (Å²) in [5.74, 6) is 0. The van der Waals surface area contributed by atoms with Crippen LogP contribution in [0.1, 0.15) is 30.6 Å². The zero-order valence-corrected chi connectivity index (χ0v) is 12.8. The fourth-order valence-electron chi connectivity index (χ4n) is 2.88. The van der Waals surface area contributed by atoms with Gasteiger partial charge in [-0.15, -0.1) is 11.3 Å². The molecule has 2 rings (SSSR count). The first-order chi connectivity index (χ1) is 8.13. The van der Waals surface area contributed by atoms with Crippen LogP contribution in [0.3, 0.4) is 0 Å². The molecule has 0 unspecified atom stereocenters. The Morgan fingerprint density at radius 3 is 2.71 bits per heavy atom. The van der Waals surface area contributed by atoms with E-state index in [-0.39, 0.29) is 0 Å². The highest BCUT2D eigenvalue weighted by atomic mass is 79.9. The maximum Gasteiger partial charge on any atom is 0.0325 e. The predicted octanol–water partition coefficient (Wildman–Crippen LogP) is 3.46. The second-order valence-corrected chi connectivity index (χ2v) is 7.23. The minimum Gasteiger partial charge on any atom is -0.330 e. The van der Waals surface area contributed by atoms with E-state index >= 15 is 0 Å². The Balaban J connectivity index is 1.90. The molecule has 1 aromatic rings. The van der Waals surface area contributed by atoms with Gasteiger partial charge in [0.25, 0.3) is 0 Å². The molecule has 4 heteroatoms. The smallest absolute Gasteiger partial charge is 0.0325 e. The summed E-state index contributed by atoms with van der Waals surface area (Å²) in [6, 6.07) is 2.21. The van der Waals surface area contributed by atoms with Gasteiger partial charge < -0.3 is 10.6 Å². The maximum absolute atomic E-state index is 5.98. The Bertz CT molecular complexity index is 358. The topological polar surface area (TPSA) is 29.3 Å². The molecule has 1 aromatic heterocycles. The average molecular weight is 317 g/mol. The average Bonchev–Trinajstić information content (AvgIpc) is 2.89. The third kappa shape index (κ3) is 3.53. The number of nitrogens with zero attached hydrogens (tertiary/aromatic N) is 1. The van der Waals surface area contributed by atoms with Gasteiger partial charge in [-0.05, 0) is 53.8 Å². The van der Waals surface area contributed by atoms with Gasteiger partial charge in [-0.1, -0.05) is 12.8 Å². The fourth-order valence-corrected chi connectivity index (χ4v) is 4.41. The van der Waals surface area contributed by atoms with Crippen molar-refractivity contribution in [3.8, 4) is 0 Å². The van der Waals surface area contributed by atoms with Crippen LogP contribution >= 0.6 is 27.3 Å². The van der Waals surface area contributed by atoms with Crippen LogP contribution in [0, 0.1) is 5.41 Å². The number of hydrogen-bond donors (Lipinski definition) is 1. The summed E-state index contributed by atoms with van der Waals surface area (Å²) >= 11 is 5.33. The predicted molar refractivity (Wildman–Crippen MR) is 78.3 cm³/mol. The van der Waals surface area contributed by atoms with Crippen molar-refractivity contribution < 1.29 is 0 Å². The molecule has 2 N–H and O–H groups in total. The Hall–Kier alpha value is 0.1000. The summed E-state index contributed by atoms with van der Waals surface area (Å²) in [6.07, 6.45) is 5.33. The molecule has 96 valence electrons. The van der Waals surface area contributed by atoms with Crippen molar-refractivity contribution in [2.75, 3.05) is 20.1 Å². The second-order valence-electron chi connectivity index (χ2n) is 5.31. The molecular weight excluding hydrogens is 296 g/mol. The van der Waals surface area contributed by atoms with Crippen LogP contribution in [-0.2, 0) is 6.54 Å². The molecule has 0 radical (unpaired) electrons.